The Labute approximate surface area is 85.6 Å². The number of carboxylic acid groups (broad SMARTS) is 1. The highest BCUT2D eigenvalue weighted by Gasteiger charge is 2.27. The minimum absolute atomic E-state index is 0.235. The molecule has 4 nitrogen and oxygen atoms in total. The second-order valence-electron chi connectivity index (χ2n) is 4.13. The van der Waals surface area contributed by atoms with Crippen molar-refractivity contribution in [3.8, 4) is 0 Å². The van der Waals surface area contributed by atoms with Crippen LogP contribution in [-0.2, 0) is 9.53 Å². The third-order valence-corrected chi connectivity index (χ3v) is 2.27. The average molecular weight is 203 g/mol. The Balaban J connectivity index is 3.95. The second-order valence-corrected chi connectivity index (χ2v) is 4.13. The summed E-state index contributed by atoms with van der Waals surface area (Å²) in [6.45, 7) is 6.55. The maximum absolute atomic E-state index is 10.8. The van der Waals surface area contributed by atoms with Crippen molar-refractivity contribution >= 4 is 5.97 Å². The van der Waals surface area contributed by atoms with Crippen molar-refractivity contribution in [2.24, 2.45) is 5.41 Å². The summed E-state index contributed by atoms with van der Waals surface area (Å²) in [5.74, 6) is -0.780. The highest BCUT2D eigenvalue weighted by molar-refractivity contribution is 5.73. The van der Waals surface area contributed by atoms with E-state index < -0.39 is 11.4 Å². The third kappa shape index (κ3) is 4.58. The molecular weight excluding hydrogens is 182 g/mol. The first-order chi connectivity index (χ1) is 6.44. The molecule has 1 unspecified atom stereocenters. The predicted octanol–water partition coefficient (Wildman–Crippen LogP) is 1.11. The van der Waals surface area contributed by atoms with Gasteiger partial charge in [-0.05, 0) is 20.3 Å². The number of aliphatic carboxylic acids is 1. The van der Waals surface area contributed by atoms with Crippen LogP contribution in [0.3, 0.4) is 0 Å². The van der Waals surface area contributed by atoms with Gasteiger partial charge in [0, 0.05) is 19.7 Å². The molecule has 14 heavy (non-hydrogen) atoms. The Bertz CT molecular complexity index is 180. The summed E-state index contributed by atoms with van der Waals surface area (Å²) in [6, 6.07) is 0.235. The quantitative estimate of drug-likeness (QED) is 0.651. The largest absolute Gasteiger partial charge is 0.481 e. The Morgan fingerprint density at radius 3 is 2.50 bits per heavy atom. The van der Waals surface area contributed by atoms with Gasteiger partial charge in [0.2, 0.25) is 0 Å². The van der Waals surface area contributed by atoms with Gasteiger partial charge in [0.1, 0.15) is 0 Å². The molecular formula is C10H21NO3. The lowest BCUT2D eigenvalue weighted by atomic mass is 9.93. The van der Waals surface area contributed by atoms with Crippen LogP contribution in [0.15, 0.2) is 0 Å². The second kappa shape index (κ2) is 5.98. The smallest absolute Gasteiger partial charge is 0.310 e. The van der Waals surface area contributed by atoms with Crippen LogP contribution in [0.2, 0.25) is 0 Å². The molecule has 0 saturated carbocycles. The SMILES string of the molecule is CCC(COC)NCC(C)(C)C(=O)O. The number of hydrogen-bond acceptors (Lipinski definition) is 3. The highest BCUT2D eigenvalue weighted by atomic mass is 16.5. The first kappa shape index (κ1) is 13.4. The summed E-state index contributed by atoms with van der Waals surface area (Å²) in [7, 11) is 1.65. The van der Waals surface area contributed by atoms with E-state index in [9.17, 15) is 4.79 Å². The first-order valence-electron chi connectivity index (χ1n) is 4.89. The zero-order valence-corrected chi connectivity index (χ0v) is 9.46. The maximum atomic E-state index is 10.8. The molecule has 4 heteroatoms. The van der Waals surface area contributed by atoms with E-state index in [4.69, 9.17) is 9.84 Å². The van der Waals surface area contributed by atoms with Gasteiger partial charge in [-0.1, -0.05) is 6.92 Å². The van der Waals surface area contributed by atoms with Gasteiger partial charge in [0.15, 0.2) is 0 Å². The molecule has 0 aromatic heterocycles. The van der Waals surface area contributed by atoms with E-state index in [2.05, 4.69) is 5.32 Å². The standard InChI is InChI=1S/C10H21NO3/c1-5-8(6-14-4)11-7-10(2,3)9(12)13/h8,11H,5-7H2,1-4H3,(H,12,13). The fraction of sp³-hybridized carbons (Fsp3) is 0.900. The Morgan fingerprint density at radius 2 is 2.14 bits per heavy atom. The van der Waals surface area contributed by atoms with E-state index in [-0.39, 0.29) is 6.04 Å². The number of carbonyl (C=O) groups is 1. The van der Waals surface area contributed by atoms with Crippen molar-refractivity contribution in [2.45, 2.75) is 33.2 Å². The van der Waals surface area contributed by atoms with E-state index in [1.165, 1.54) is 0 Å². The van der Waals surface area contributed by atoms with Crippen LogP contribution in [0.5, 0.6) is 0 Å². The molecule has 0 bridgehead atoms. The highest BCUT2D eigenvalue weighted by Crippen LogP contribution is 2.13. The number of carboxylic acids is 1. The van der Waals surface area contributed by atoms with Gasteiger partial charge in [-0.3, -0.25) is 4.79 Å². The minimum atomic E-state index is -0.780. The predicted molar refractivity (Wildman–Crippen MR) is 55.4 cm³/mol. The molecule has 0 rings (SSSR count). The van der Waals surface area contributed by atoms with Crippen molar-refractivity contribution < 1.29 is 14.6 Å². The molecule has 0 aromatic carbocycles. The van der Waals surface area contributed by atoms with Crippen LogP contribution in [0.25, 0.3) is 0 Å². The molecule has 1 atom stereocenters. The zero-order chi connectivity index (χ0) is 11.2. The Morgan fingerprint density at radius 1 is 1.57 bits per heavy atom. The van der Waals surface area contributed by atoms with E-state index in [0.29, 0.717) is 13.2 Å². The van der Waals surface area contributed by atoms with Crippen molar-refractivity contribution in [3.63, 3.8) is 0 Å². The molecule has 0 amide bonds. The lowest BCUT2D eigenvalue weighted by molar-refractivity contribution is -0.146. The number of nitrogens with one attached hydrogen (secondary N) is 1. The first-order valence-corrected chi connectivity index (χ1v) is 4.89. The molecule has 84 valence electrons. The fourth-order valence-electron chi connectivity index (χ4n) is 0.997. The van der Waals surface area contributed by atoms with Crippen LogP contribution in [0, 0.1) is 5.41 Å². The molecule has 0 aliphatic rings. The topological polar surface area (TPSA) is 58.6 Å². The van der Waals surface area contributed by atoms with Gasteiger partial charge in [-0.2, -0.15) is 0 Å². The maximum Gasteiger partial charge on any atom is 0.310 e. The van der Waals surface area contributed by atoms with E-state index >= 15 is 0 Å². The Kier molecular flexibility index (Phi) is 5.72. The van der Waals surface area contributed by atoms with Crippen molar-refractivity contribution in [3.05, 3.63) is 0 Å². The summed E-state index contributed by atoms with van der Waals surface area (Å²) in [6.07, 6.45) is 0.934. The summed E-state index contributed by atoms with van der Waals surface area (Å²) in [4.78, 5) is 10.8. The van der Waals surface area contributed by atoms with Gasteiger partial charge in [0.05, 0.1) is 12.0 Å². The normalized spacial score (nSPS) is 14.0. The number of methoxy groups -OCH3 is 1. The van der Waals surface area contributed by atoms with Crippen molar-refractivity contribution in [1.29, 1.82) is 0 Å². The zero-order valence-electron chi connectivity index (χ0n) is 9.46. The Hall–Kier alpha value is -0.610. The monoisotopic (exact) mass is 203 g/mol. The van der Waals surface area contributed by atoms with Crippen molar-refractivity contribution in [1.82, 2.24) is 5.32 Å². The van der Waals surface area contributed by atoms with E-state index in [1.807, 2.05) is 6.92 Å². The molecule has 0 aromatic rings. The van der Waals surface area contributed by atoms with Crippen LogP contribution >= 0.6 is 0 Å². The number of rotatable bonds is 7. The fourth-order valence-corrected chi connectivity index (χ4v) is 0.997. The summed E-state index contributed by atoms with van der Waals surface area (Å²) in [5.41, 5.74) is -0.721. The van der Waals surface area contributed by atoms with Gasteiger partial charge in [-0.25, -0.2) is 0 Å². The summed E-state index contributed by atoms with van der Waals surface area (Å²) >= 11 is 0. The van der Waals surface area contributed by atoms with Gasteiger partial charge >= 0.3 is 5.97 Å². The lowest BCUT2D eigenvalue weighted by Crippen LogP contribution is -2.42. The molecule has 0 aliphatic heterocycles. The molecule has 0 heterocycles. The van der Waals surface area contributed by atoms with Crippen LogP contribution < -0.4 is 5.32 Å². The third-order valence-electron chi connectivity index (χ3n) is 2.27. The van der Waals surface area contributed by atoms with Crippen LogP contribution in [-0.4, -0.2) is 37.4 Å². The van der Waals surface area contributed by atoms with Crippen molar-refractivity contribution in [2.75, 3.05) is 20.3 Å². The van der Waals surface area contributed by atoms with E-state index in [0.717, 1.165) is 6.42 Å². The van der Waals surface area contributed by atoms with Crippen LogP contribution in [0.1, 0.15) is 27.2 Å². The molecule has 0 aliphatic carbocycles. The number of hydrogen-bond donors (Lipinski definition) is 2. The summed E-state index contributed by atoms with van der Waals surface area (Å²) < 4.78 is 5.01. The average Bonchev–Trinajstić information content (AvgIpc) is 2.12. The van der Waals surface area contributed by atoms with Gasteiger partial charge in [-0.15, -0.1) is 0 Å². The van der Waals surface area contributed by atoms with Crippen LogP contribution in [0.4, 0.5) is 0 Å². The lowest BCUT2D eigenvalue weighted by Gasteiger charge is -2.23. The minimum Gasteiger partial charge on any atom is -0.481 e. The molecule has 0 saturated heterocycles. The molecule has 0 fully saturated rings. The van der Waals surface area contributed by atoms with Gasteiger partial charge in [0.25, 0.3) is 0 Å². The molecule has 0 spiro atoms. The van der Waals surface area contributed by atoms with E-state index in [1.54, 1.807) is 21.0 Å². The number of ether oxygens (including phenoxy) is 1. The molecule has 0 radical (unpaired) electrons. The van der Waals surface area contributed by atoms with Gasteiger partial charge < -0.3 is 15.2 Å². The summed E-state index contributed by atoms with van der Waals surface area (Å²) in [5, 5.41) is 12.1. The molecule has 2 N–H and O–H groups in total.